The molecule has 0 aliphatic heterocycles. The first kappa shape index (κ1) is 29.9. The molecule has 0 unspecified atom stereocenters. The van der Waals surface area contributed by atoms with E-state index in [-0.39, 0.29) is 15.5 Å². The third-order valence-electron chi connectivity index (χ3n) is 5.25. The Hall–Kier alpha value is -2.14. The van der Waals surface area contributed by atoms with Gasteiger partial charge in [0, 0.05) is 5.69 Å². The van der Waals surface area contributed by atoms with Crippen molar-refractivity contribution in [1.82, 2.24) is 4.90 Å². The lowest BCUT2D eigenvalue weighted by molar-refractivity contribution is 0.261. The largest absolute Gasteiger partial charge is 0.399 e. The van der Waals surface area contributed by atoms with Crippen molar-refractivity contribution in [2.75, 3.05) is 31.1 Å². The SMILES string of the molecule is CCCCN(CCCC)CCCC.Nc1ccc(S(=O)(=O)c2ccc(N)c(S(=O)(=O)O)c2)cc1. The van der Waals surface area contributed by atoms with Crippen molar-refractivity contribution in [3.05, 3.63) is 42.5 Å². The highest BCUT2D eigenvalue weighted by molar-refractivity contribution is 7.91. The molecule has 0 radical (unpaired) electrons. The zero-order valence-corrected chi connectivity index (χ0v) is 22.0. The average molecular weight is 514 g/mol. The molecule has 5 N–H and O–H groups in total. The van der Waals surface area contributed by atoms with Crippen molar-refractivity contribution in [2.45, 2.75) is 74.0 Å². The normalized spacial score (nSPS) is 11.8. The van der Waals surface area contributed by atoms with Gasteiger partial charge in [-0.15, -0.1) is 0 Å². The summed E-state index contributed by atoms with van der Waals surface area (Å²) < 4.78 is 56.2. The number of rotatable bonds is 12. The number of hydrogen-bond acceptors (Lipinski definition) is 7. The van der Waals surface area contributed by atoms with E-state index in [4.69, 9.17) is 16.0 Å². The van der Waals surface area contributed by atoms with Crippen molar-refractivity contribution in [3.8, 4) is 0 Å². The summed E-state index contributed by atoms with van der Waals surface area (Å²) in [5.41, 5.74) is 11.1. The van der Waals surface area contributed by atoms with E-state index in [0.717, 1.165) is 18.2 Å². The first-order chi connectivity index (χ1) is 16.0. The predicted octanol–water partition coefficient (Wildman–Crippen LogP) is 4.62. The van der Waals surface area contributed by atoms with Crippen molar-refractivity contribution >= 4 is 31.3 Å². The molecule has 0 fully saturated rings. The van der Waals surface area contributed by atoms with Gasteiger partial charge in [0.2, 0.25) is 9.84 Å². The van der Waals surface area contributed by atoms with Gasteiger partial charge < -0.3 is 16.4 Å². The molecule has 0 amide bonds. The number of nitrogens with zero attached hydrogens (tertiary/aromatic N) is 1. The Morgan fingerprint density at radius 1 is 0.735 bits per heavy atom. The lowest BCUT2D eigenvalue weighted by Crippen LogP contribution is -2.27. The third kappa shape index (κ3) is 9.61. The second kappa shape index (κ2) is 14.3. The van der Waals surface area contributed by atoms with Gasteiger partial charge in [-0.2, -0.15) is 8.42 Å². The molecule has 0 aromatic heterocycles. The zero-order valence-electron chi connectivity index (χ0n) is 20.4. The second-order valence-electron chi connectivity index (χ2n) is 8.15. The summed E-state index contributed by atoms with van der Waals surface area (Å²) in [6.45, 7) is 10.8. The summed E-state index contributed by atoms with van der Waals surface area (Å²) in [6, 6.07) is 8.50. The molecular formula is C24H39N3O5S2. The van der Waals surface area contributed by atoms with Gasteiger partial charge in [0.15, 0.2) is 0 Å². The van der Waals surface area contributed by atoms with Crippen molar-refractivity contribution < 1.29 is 21.4 Å². The number of benzene rings is 2. The zero-order chi connectivity index (χ0) is 25.8. The number of sulfone groups is 1. The molecule has 0 bridgehead atoms. The summed E-state index contributed by atoms with van der Waals surface area (Å²) in [5, 5.41) is 0. The fraction of sp³-hybridized carbons (Fsp3) is 0.500. The van der Waals surface area contributed by atoms with Gasteiger partial charge in [0.1, 0.15) is 4.90 Å². The van der Waals surface area contributed by atoms with Crippen LogP contribution in [-0.4, -0.2) is 45.9 Å². The quantitative estimate of drug-likeness (QED) is 0.275. The predicted molar refractivity (Wildman–Crippen MR) is 138 cm³/mol. The molecule has 0 saturated heterocycles. The Balaban J connectivity index is 0.000000385. The minimum absolute atomic E-state index is 0.0530. The van der Waals surface area contributed by atoms with Crippen LogP contribution in [0.25, 0.3) is 0 Å². The van der Waals surface area contributed by atoms with Crippen LogP contribution < -0.4 is 11.5 Å². The molecule has 0 aliphatic rings. The van der Waals surface area contributed by atoms with Gasteiger partial charge in [-0.1, -0.05) is 40.0 Å². The maximum absolute atomic E-state index is 12.4. The lowest BCUT2D eigenvalue weighted by Gasteiger charge is -2.21. The molecule has 2 aromatic carbocycles. The number of nitrogens with two attached hydrogens (primary N) is 2. The van der Waals surface area contributed by atoms with Crippen LogP contribution in [0.5, 0.6) is 0 Å². The van der Waals surface area contributed by atoms with E-state index in [1.54, 1.807) is 0 Å². The van der Waals surface area contributed by atoms with Gasteiger partial charge in [0.25, 0.3) is 10.1 Å². The highest BCUT2D eigenvalue weighted by Crippen LogP contribution is 2.27. The molecule has 2 rings (SSSR count). The van der Waals surface area contributed by atoms with Gasteiger partial charge in [0.05, 0.1) is 15.5 Å². The van der Waals surface area contributed by atoms with Gasteiger partial charge in [-0.25, -0.2) is 8.42 Å². The Morgan fingerprint density at radius 3 is 1.59 bits per heavy atom. The maximum atomic E-state index is 12.4. The van der Waals surface area contributed by atoms with E-state index in [2.05, 4.69) is 25.7 Å². The Bertz CT molecular complexity index is 1070. The van der Waals surface area contributed by atoms with Crippen molar-refractivity contribution in [2.24, 2.45) is 0 Å². The lowest BCUT2D eigenvalue weighted by atomic mass is 10.2. The first-order valence-electron chi connectivity index (χ1n) is 11.7. The van der Waals surface area contributed by atoms with Crippen molar-refractivity contribution in [1.29, 1.82) is 0 Å². The van der Waals surface area contributed by atoms with Crippen LogP contribution in [-0.2, 0) is 20.0 Å². The van der Waals surface area contributed by atoms with E-state index >= 15 is 0 Å². The van der Waals surface area contributed by atoms with Gasteiger partial charge >= 0.3 is 0 Å². The molecule has 2 aromatic rings. The molecule has 0 saturated carbocycles. The molecule has 0 aliphatic carbocycles. The smallest absolute Gasteiger partial charge is 0.296 e. The Labute approximate surface area is 205 Å². The number of unbranched alkanes of at least 4 members (excludes halogenated alkanes) is 3. The molecule has 8 nitrogen and oxygen atoms in total. The number of anilines is 2. The monoisotopic (exact) mass is 513 g/mol. The van der Waals surface area contributed by atoms with E-state index in [1.165, 1.54) is 82.4 Å². The standard InChI is InChI=1S/C12H12N2O5S2.C12H27N/c13-8-1-3-9(4-2-8)20(15,16)10-5-6-11(14)12(7-10)21(17,18)19;1-4-7-10-13(11-8-5-2)12-9-6-3/h1-7H,13-14H2,(H,17,18,19);4-12H2,1-3H3. The molecule has 192 valence electrons. The number of hydrogen-bond donors (Lipinski definition) is 3. The highest BCUT2D eigenvalue weighted by Gasteiger charge is 2.22. The summed E-state index contributed by atoms with van der Waals surface area (Å²) >= 11 is 0. The minimum Gasteiger partial charge on any atom is -0.399 e. The molecule has 0 spiro atoms. The van der Waals surface area contributed by atoms with Crippen LogP contribution in [0.4, 0.5) is 11.4 Å². The maximum Gasteiger partial charge on any atom is 0.296 e. The van der Waals surface area contributed by atoms with Crippen molar-refractivity contribution in [3.63, 3.8) is 0 Å². The van der Waals surface area contributed by atoms with Crippen LogP contribution in [0, 0.1) is 0 Å². The van der Waals surface area contributed by atoms with Crippen LogP contribution in [0.2, 0.25) is 0 Å². The van der Waals surface area contributed by atoms with Gasteiger partial charge in [-0.05, 0) is 81.4 Å². The summed E-state index contributed by atoms with van der Waals surface area (Å²) in [5.74, 6) is 0. The molecule has 0 heterocycles. The summed E-state index contributed by atoms with van der Waals surface area (Å²) in [7, 11) is -8.56. The summed E-state index contributed by atoms with van der Waals surface area (Å²) in [4.78, 5) is 1.63. The fourth-order valence-corrected chi connectivity index (χ4v) is 5.17. The second-order valence-corrected chi connectivity index (χ2v) is 11.5. The molecule has 34 heavy (non-hydrogen) atoms. The Morgan fingerprint density at radius 2 is 1.18 bits per heavy atom. The summed E-state index contributed by atoms with van der Waals surface area (Å²) in [6.07, 6.45) is 8.09. The van der Waals surface area contributed by atoms with E-state index in [0.29, 0.717) is 5.69 Å². The molecule has 0 atom stereocenters. The van der Waals surface area contributed by atoms with Gasteiger partial charge in [-0.3, -0.25) is 4.55 Å². The first-order valence-corrected chi connectivity index (χ1v) is 14.6. The molecule has 10 heteroatoms. The Kier molecular flexibility index (Phi) is 12.6. The number of nitrogen functional groups attached to an aromatic ring is 2. The van der Waals surface area contributed by atoms with Crippen LogP contribution >= 0.6 is 0 Å². The van der Waals surface area contributed by atoms with E-state index in [1.807, 2.05) is 0 Å². The van der Waals surface area contributed by atoms with E-state index < -0.39 is 24.9 Å². The van der Waals surface area contributed by atoms with E-state index in [9.17, 15) is 16.8 Å². The highest BCUT2D eigenvalue weighted by atomic mass is 32.2. The van der Waals surface area contributed by atoms with Crippen LogP contribution in [0.1, 0.15) is 59.3 Å². The third-order valence-corrected chi connectivity index (χ3v) is 7.92. The topological polar surface area (TPSA) is 144 Å². The molecular weight excluding hydrogens is 474 g/mol. The van der Waals surface area contributed by atoms with Crippen LogP contribution in [0.15, 0.2) is 57.2 Å². The van der Waals surface area contributed by atoms with Crippen LogP contribution in [0.3, 0.4) is 0 Å². The fourth-order valence-electron chi connectivity index (χ4n) is 3.17. The minimum atomic E-state index is -4.61. The average Bonchev–Trinajstić information content (AvgIpc) is 2.78.